The summed E-state index contributed by atoms with van der Waals surface area (Å²) >= 11 is 0. The quantitative estimate of drug-likeness (QED) is 0.765. The first-order valence-corrected chi connectivity index (χ1v) is 8.82. The van der Waals surface area contributed by atoms with Crippen molar-refractivity contribution < 1.29 is 9.59 Å². The number of allylic oxidation sites excluding steroid dienone is 1. The lowest BCUT2D eigenvalue weighted by molar-refractivity contribution is -0.127. The first kappa shape index (κ1) is 18.2. The maximum atomic E-state index is 12.5. The largest absolute Gasteiger partial charge is 0.338 e. The highest BCUT2D eigenvalue weighted by atomic mass is 16.2. The Balaban J connectivity index is 1.65. The highest BCUT2D eigenvalue weighted by molar-refractivity contribution is 5.93. The molecule has 8 heteroatoms. The average molecular weight is 360 g/mol. The predicted octanol–water partition coefficient (Wildman–Crippen LogP) is 0.484. The van der Waals surface area contributed by atoms with Gasteiger partial charge in [0, 0.05) is 44.2 Å². The molecular formula is C18H24N4O4. The summed E-state index contributed by atoms with van der Waals surface area (Å²) < 4.78 is 0. The molecule has 3 heterocycles. The highest BCUT2D eigenvalue weighted by Crippen LogP contribution is 2.41. The van der Waals surface area contributed by atoms with Crippen molar-refractivity contribution >= 4 is 11.8 Å². The number of aromatic amines is 2. The molecule has 0 unspecified atom stereocenters. The van der Waals surface area contributed by atoms with Crippen LogP contribution in [0, 0.1) is 5.41 Å². The first-order chi connectivity index (χ1) is 12.3. The molecule has 2 saturated heterocycles. The fourth-order valence-electron chi connectivity index (χ4n) is 3.70. The van der Waals surface area contributed by atoms with E-state index in [1.165, 1.54) is 5.57 Å². The Morgan fingerprint density at radius 3 is 2.54 bits per heavy atom. The van der Waals surface area contributed by atoms with E-state index >= 15 is 0 Å². The summed E-state index contributed by atoms with van der Waals surface area (Å²) in [7, 11) is 0. The average Bonchev–Trinajstić information content (AvgIpc) is 2.88. The molecule has 3 rings (SSSR count). The Bertz CT molecular complexity index is 854. The molecule has 26 heavy (non-hydrogen) atoms. The Morgan fingerprint density at radius 2 is 1.92 bits per heavy atom. The van der Waals surface area contributed by atoms with Gasteiger partial charge in [0.25, 0.3) is 11.5 Å². The van der Waals surface area contributed by atoms with Gasteiger partial charge in [0.15, 0.2) is 0 Å². The number of piperidine rings is 1. The van der Waals surface area contributed by atoms with E-state index in [0.717, 1.165) is 25.6 Å². The molecule has 0 atom stereocenters. The number of nitrogens with zero attached hydrogens (tertiary/aromatic N) is 2. The van der Waals surface area contributed by atoms with Crippen LogP contribution >= 0.6 is 0 Å². The Labute approximate surface area is 150 Å². The van der Waals surface area contributed by atoms with Crippen LogP contribution in [-0.4, -0.2) is 57.8 Å². The van der Waals surface area contributed by atoms with Crippen molar-refractivity contribution in [3.63, 3.8) is 0 Å². The predicted molar refractivity (Wildman–Crippen MR) is 95.9 cm³/mol. The number of nitrogens with one attached hydrogen (secondary N) is 2. The molecule has 1 aromatic rings. The fraction of sp³-hybridized carbons (Fsp3) is 0.556. The van der Waals surface area contributed by atoms with Crippen LogP contribution in [-0.2, 0) is 4.79 Å². The van der Waals surface area contributed by atoms with Gasteiger partial charge in [0.05, 0.1) is 0 Å². The Morgan fingerprint density at radius 1 is 1.23 bits per heavy atom. The summed E-state index contributed by atoms with van der Waals surface area (Å²) in [4.78, 5) is 55.7. The monoisotopic (exact) mass is 360 g/mol. The molecule has 2 aliphatic heterocycles. The minimum absolute atomic E-state index is 0.0618. The molecule has 0 aliphatic carbocycles. The maximum absolute atomic E-state index is 12.5. The number of amides is 2. The smallest absolute Gasteiger partial charge is 0.325 e. The molecular weight excluding hydrogens is 336 g/mol. The number of carbonyl (C=O) groups excluding carboxylic acids is 2. The summed E-state index contributed by atoms with van der Waals surface area (Å²) in [5, 5.41) is 0. The van der Waals surface area contributed by atoms with Gasteiger partial charge in [0.2, 0.25) is 5.91 Å². The van der Waals surface area contributed by atoms with Gasteiger partial charge in [-0.05, 0) is 26.7 Å². The summed E-state index contributed by atoms with van der Waals surface area (Å²) in [6, 6.07) is 0. The van der Waals surface area contributed by atoms with Gasteiger partial charge in [-0.1, -0.05) is 11.6 Å². The summed E-state index contributed by atoms with van der Waals surface area (Å²) in [5.74, 6) is -0.220. The van der Waals surface area contributed by atoms with Crippen LogP contribution in [0.3, 0.4) is 0 Å². The van der Waals surface area contributed by atoms with E-state index in [1.54, 1.807) is 4.90 Å². The third kappa shape index (κ3) is 3.63. The lowest BCUT2D eigenvalue weighted by Gasteiger charge is -2.38. The molecule has 140 valence electrons. The minimum atomic E-state index is -0.678. The zero-order valence-corrected chi connectivity index (χ0v) is 15.1. The van der Waals surface area contributed by atoms with Crippen molar-refractivity contribution in [1.82, 2.24) is 19.8 Å². The minimum Gasteiger partial charge on any atom is -0.338 e. The zero-order valence-electron chi connectivity index (χ0n) is 15.1. The summed E-state index contributed by atoms with van der Waals surface area (Å²) in [6.07, 6.45) is 5.20. The van der Waals surface area contributed by atoms with Gasteiger partial charge < -0.3 is 14.8 Å². The SMILES string of the molecule is CC(C)=CCN1CC2(CCN(C(=O)c3c[nH]c(=O)[nH]c3=O)CC2)CC1=O. The number of hydrogen-bond acceptors (Lipinski definition) is 4. The van der Waals surface area contributed by atoms with E-state index in [1.807, 2.05) is 18.7 Å². The van der Waals surface area contributed by atoms with E-state index in [-0.39, 0.29) is 22.8 Å². The summed E-state index contributed by atoms with van der Waals surface area (Å²) in [5.41, 5.74) is -0.271. The van der Waals surface area contributed by atoms with Crippen LogP contribution in [0.5, 0.6) is 0 Å². The number of hydrogen-bond donors (Lipinski definition) is 2. The normalized spacial score (nSPS) is 19.1. The van der Waals surface area contributed by atoms with Crippen molar-refractivity contribution in [1.29, 1.82) is 0 Å². The van der Waals surface area contributed by atoms with Crippen LogP contribution in [0.2, 0.25) is 0 Å². The van der Waals surface area contributed by atoms with Crippen LogP contribution in [0.15, 0.2) is 27.4 Å². The van der Waals surface area contributed by atoms with Gasteiger partial charge >= 0.3 is 5.69 Å². The molecule has 1 aromatic heterocycles. The van der Waals surface area contributed by atoms with E-state index in [0.29, 0.717) is 26.1 Å². The molecule has 8 nitrogen and oxygen atoms in total. The Kier molecular flexibility index (Phi) is 4.84. The number of carbonyl (C=O) groups is 2. The molecule has 0 radical (unpaired) electrons. The van der Waals surface area contributed by atoms with Crippen molar-refractivity contribution in [3.8, 4) is 0 Å². The van der Waals surface area contributed by atoms with Crippen LogP contribution in [0.1, 0.15) is 43.5 Å². The molecule has 0 saturated carbocycles. The molecule has 0 aromatic carbocycles. The topological polar surface area (TPSA) is 106 Å². The maximum Gasteiger partial charge on any atom is 0.325 e. The molecule has 2 N–H and O–H groups in total. The molecule has 1 spiro atoms. The van der Waals surface area contributed by atoms with Crippen molar-refractivity contribution in [3.05, 3.63) is 44.2 Å². The van der Waals surface area contributed by atoms with Gasteiger partial charge in [-0.25, -0.2) is 4.79 Å². The molecule has 2 fully saturated rings. The van der Waals surface area contributed by atoms with Crippen molar-refractivity contribution in [2.75, 3.05) is 26.2 Å². The highest BCUT2D eigenvalue weighted by Gasteiger charge is 2.45. The number of likely N-dealkylation sites (tertiary alicyclic amines) is 2. The third-order valence-corrected chi connectivity index (χ3v) is 5.29. The third-order valence-electron chi connectivity index (χ3n) is 5.29. The lowest BCUT2D eigenvalue weighted by Crippen LogP contribution is -2.45. The van der Waals surface area contributed by atoms with Gasteiger partial charge in [-0.15, -0.1) is 0 Å². The number of aromatic nitrogens is 2. The van der Waals surface area contributed by atoms with Crippen LogP contribution in [0.4, 0.5) is 0 Å². The molecule has 2 aliphatic rings. The van der Waals surface area contributed by atoms with Crippen molar-refractivity contribution in [2.45, 2.75) is 33.1 Å². The number of H-pyrrole nitrogens is 2. The van der Waals surface area contributed by atoms with Gasteiger partial charge in [-0.2, -0.15) is 0 Å². The van der Waals surface area contributed by atoms with Crippen LogP contribution in [0.25, 0.3) is 0 Å². The fourth-order valence-corrected chi connectivity index (χ4v) is 3.70. The second-order valence-electron chi connectivity index (χ2n) is 7.51. The standard InChI is InChI=1S/C18H24N4O4/c1-12(2)3-6-22-11-18(9-14(22)23)4-7-21(8-5-18)16(25)13-10-19-17(26)20-15(13)24/h3,10H,4-9,11H2,1-2H3,(H2,19,20,24,26). The van der Waals surface area contributed by atoms with E-state index in [9.17, 15) is 19.2 Å². The number of rotatable bonds is 3. The lowest BCUT2D eigenvalue weighted by atomic mass is 9.77. The van der Waals surface area contributed by atoms with Gasteiger partial charge in [-0.3, -0.25) is 19.4 Å². The summed E-state index contributed by atoms with van der Waals surface area (Å²) in [6.45, 7) is 6.38. The molecule has 0 bridgehead atoms. The van der Waals surface area contributed by atoms with E-state index in [4.69, 9.17) is 0 Å². The second kappa shape index (κ2) is 6.93. The second-order valence-corrected chi connectivity index (χ2v) is 7.51. The van der Waals surface area contributed by atoms with Gasteiger partial charge in [0.1, 0.15) is 5.56 Å². The zero-order chi connectivity index (χ0) is 18.9. The van der Waals surface area contributed by atoms with Crippen LogP contribution < -0.4 is 11.2 Å². The van der Waals surface area contributed by atoms with E-state index in [2.05, 4.69) is 16.0 Å². The molecule has 2 amide bonds. The first-order valence-electron chi connectivity index (χ1n) is 8.82. The van der Waals surface area contributed by atoms with E-state index < -0.39 is 11.2 Å². The van der Waals surface area contributed by atoms with Crippen molar-refractivity contribution in [2.24, 2.45) is 5.41 Å². The Hall–Kier alpha value is -2.64.